The zero-order chi connectivity index (χ0) is 18.9. The Bertz CT molecular complexity index is 937. The molecule has 1 aromatic carbocycles. The van der Waals surface area contributed by atoms with Crippen LogP contribution in [0.15, 0.2) is 24.4 Å². The van der Waals surface area contributed by atoms with E-state index in [4.69, 9.17) is 0 Å². The molecule has 3 aromatic rings. The van der Waals surface area contributed by atoms with Gasteiger partial charge in [0.2, 0.25) is 5.95 Å². The number of anilines is 3. The summed E-state index contributed by atoms with van der Waals surface area (Å²) in [4.78, 5) is 7.34. The number of benzene rings is 1. The van der Waals surface area contributed by atoms with Crippen LogP contribution in [0.2, 0.25) is 0 Å². The predicted octanol–water partition coefficient (Wildman–Crippen LogP) is 2.70. The van der Waals surface area contributed by atoms with Crippen LogP contribution < -0.4 is 10.6 Å². The van der Waals surface area contributed by atoms with E-state index in [0.29, 0.717) is 17.7 Å². The van der Waals surface area contributed by atoms with Gasteiger partial charge in [0, 0.05) is 13.2 Å². The largest absolute Gasteiger partial charge is 0.421 e. The van der Waals surface area contributed by atoms with E-state index in [0.717, 1.165) is 0 Å². The fourth-order valence-corrected chi connectivity index (χ4v) is 2.17. The third-order valence-corrected chi connectivity index (χ3v) is 3.40. The van der Waals surface area contributed by atoms with Gasteiger partial charge in [-0.05, 0) is 35.5 Å². The smallest absolute Gasteiger partial charge is 0.372 e. The summed E-state index contributed by atoms with van der Waals surface area (Å²) in [5.74, 6) is -0.797. The minimum atomic E-state index is -4.61. The number of nitrogens with one attached hydrogen (secondary N) is 2. The number of hydrogen-bond donors (Lipinski definition) is 2. The van der Waals surface area contributed by atoms with Crippen LogP contribution in [0.3, 0.4) is 0 Å². The molecule has 2 heterocycles. The second-order valence-electron chi connectivity index (χ2n) is 5.13. The Morgan fingerprint density at radius 3 is 2.58 bits per heavy atom. The molecule has 136 valence electrons. The molecule has 0 amide bonds. The van der Waals surface area contributed by atoms with Gasteiger partial charge in [-0.25, -0.2) is 9.37 Å². The molecule has 0 unspecified atom stereocenters. The van der Waals surface area contributed by atoms with Gasteiger partial charge in [0.25, 0.3) is 0 Å². The van der Waals surface area contributed by atoms with Gasteiger partial charge in [-0.3, -0.25) is 0 Å². The van der Waals surface area contributed by atoms with Crippen LogP contribution in [0, 0.1) is 12.7 Å². The topological polar surface area (TPSA) is 93.4 Å². The molecule has 0 radical (unpaired) electrons. The van der Waals surface area contributed by atoms with Crippen LogP contribution in [-0.4, -0.2) is 37.2 Å². The number of tetrazole rings is 1. The molecule has 0 aliphatic carbocycles. The number of aryl methyl sites for hydroxylation is 1. The fraction of sp³-hybridized carbons (Fsp3) is 0.214. The third kappa shape index (κ3) is 3.38. The van der Waals surface area contributed by atoms with Crippen molar-refractivity contribution in [2.24, 2.45) is 0 Å². The highest BCUT2D eigenvalue weighted by atomic mass is 19.4. The zero-order valence-electron chi connectivity index (χ0n) is 13.5. The van der Waals surface area contributed by atoms with E-state index < -0.39 is 23.4 Å². The average Bonchev–Trinajstić information content (AvgIpc) is 3.02. The zero-order valence-corrected chi connectivity index (χ0v) is 13.5. The van der Waals surface area contributed by atoms with Gasteiger partial charge in [-0.1, -0.05) is 0 Å². The summed E-state index contributed by atoms with van der Waals surface area (Å²) in [6.07, 6.45) is -3.99. The lowest BCUT2D eigenvalue weighted by atomic mass is 10.2. The first-order valence-corrected chi connectivity index (χ1v) is 7.23. The molecule has 0 aliphatic heterocycles. The second-order valence-corrected chi connectivity index (χ2v) is 5.13. The molecule has 0 atom stereocenters. The first-order valence-electron chi connectivity index (χ1n) is 7.23. The third-order valence-electron chi connectivity index (χ3n) is 3.40. The maximum atomic E-state index is 14.1. The van der Waals surface area contributed by atoms with Crippen molar-refractivity contribution in [3.8, 4) is 5.69 Å². The summed E-state index contributed by atoms with van der Waals surface area (Å²) in [5.41, 5.74) is -0.611. The molecule has 3 rings (SSSR count). The van der Waals surface area contributed by atoms with Crippen molar-refractivity contribution >= 4 is 17.5 Å². The van der Waals surface area contributed by atoms with Crippen molar-refractivity contribution in [2.75, 3.05) is 17.7 Å². The molecular formula is C14H12F4N8. The standard InChI is InChI=1S/C14H12F4N8/c1-7-23-24-25-26(7)8-3-4-10(15)11(5-8)21-13-20-6-9(14(16,17)18)12(19-2)22-13/h3-6H,1-2H3,(H2,19,20,21,22). The summed E-state index contributed by atoms with van der Waals surface area (Å²) in [6, 6.07) is 4.01. The van der Waals surface area contributed by atoms with Crippen molar-refractivity contribution in [1.29, 1.82) is 0 Å². The first kappa shape index (κ1) is 17.5. The SMILES string of the molecule is CNc1nc(Nc2cc(-n3nnnc3C)ccc2F)ncc1C(F)(F)F. The molecule has 2 N–H and O–H groups in total. The average molecular weight is 368 g/mol. The number of hydrogen-bond acceptors (Lipinski definition) is 7. The lowest BCUT2D eigenvalue weighted by Gasteiger charge is -2.13. The van der Waals surface area contributed by atoms with Crippen molar-refractivity contribution in [3.05, 3.63) is 41.6 Å². The number of halogens is 4. The van der Waals surface area contributed by atoms with Crippen LogP contribution in [0.25, 0.3) is 5.69 Å². The number of rotatable bonds is 4. The number of alkyl halides is 3. The van der Waals surface area contributed by atoms with E-state index in [9.17, 15) is 17.6 Å². The van der Waals surface area contributed by atoms with E-state index in [1.807, 2.05) is 0 Å². The Morgan fingerprint density at radius 1 is 1.19 bits per heavy atom. The summed E-state index contributed by atoms with van der Waals surface area (Å²) >= 11 is 0. The van der Waals surface area contributed by atoms with Gasteiger partial charge < -0.3 is 10.6 Å². The van der Waals surface area contributed by atoms with Crippen molar-refractivity contribution in [2.45, 2.75) is 13.1 Å². The van der Waals surface area contributed by atoms with E-state index in [-0.39, 0.29) is 11.6 Å². The van der Waals surface area contributed by atoms with E-state index in [2.05, 4.69) is 36.1 Å². The number of aromatic nitrogens is 6. The molecule has 0 saturated heterocycles. The monoisotopic (exact) mass is 368 g/mol. The first-order chi connectivity index (χ1) is 12.3. The molecule has 0 saturated carbocycles. The summed E-state index contributed by atoms with van der Waals surface area (Å²) in [7, 11) is 1.29. The molecule has 2 aromatic heterocycles. The van der Waals surface area contributed by atoms with Crippen LogP contribution in [-0.2, 0) is 6.18 Å². The quantitative estimate of drug-likeness (QED) is 0.684. The highest BCUT2D eigenvalue weighted by Gasteiger charge is 2.35. The van der Waals surface area contributed by atoms with Gasteiger partial charge in [0.15, 0.2) is 5.82 Å². The Labute approximate surface area is 144 Å². The van der Waals surface area contributed by atoms with Crippen molar-refractivity contribution in [3.63, 3.8) is 0 Å². The van der Waals surface area contributed by atoms with Gasteiger partial charge >= 0.3 is 6.18 Å². The molecule has 0 spiro atoms. The Kier molecular flexibility index (Phi) is 4.40. The molecule has 26 heavy (non-hydrogen) atoms. The van der Waals surface area contributed by atoms with Crippen LogP contribution in [0.5, 0.6) is 0 Å². The maximum absolute atomic E-state index is 14.1. The summed E-state index contributed by atoms with van der Waals surface area (Å²) in [5, 5.41) is 15.9. The van der Waals surface area contributed by atoms with Gasteiger partial charge in [0.1, 0.15) is 17.2 Å². The van der Waals surface area contributed by atoms with Crippen LogP contribution >= 0.6 is 0 Å². The summed E-state index contributed by atoms with van der Waals surface area (Å²) < 4.78 is 54.1. The lowest BCUT2D eigenvalue weighted by molar-refractivity contribution is -0.137. The van der Waals surface area contributed by atoms with Crippen molar-refractivity contribution < 1.29 is 17.6 Å². The van der Waals surface area contributed by atoms with Crippen molar-refractivity contribution in [1.82, 2.24) is 30.2 Å². The van der Waals surface area contributed by atoms with Gasteiger partial charge in [-0.2, -0.15) is 22.8 Å². The van der Waals surface area contributed by atoms with Gasteiger partial charge in [-0.15, -0.1) is 5.10 Å². The van der Waals surface area contributed by atoms with Gasteiger partial charge in [0.05, 0.1) is 11.4 Å². The minimum Gasteiger partial charge on any atom is -0.372 e. The highest BCUT2D eigenvalue weighted by Crippen LogP contribution is 2.34. The van der Waals surface area contributed by atoms with E-state index in [1.54, 1.807) is 6.92 Å². The molecule has 8 nitrogen and oxygen atoms in total. The molecule has 0 bridgehead atoms. The highest BCUT2D eigenvalue weighted by molar-refractivity contribution is 5.60. The molecule has 12 heteroatoms. The molecule has 0 aliphatic rings. The number of nitrogens with zero attached hydrogens (tertiary/aromatic N) is 6. The van der Waals surface area contributed by atoms with Crippen LogP contribution in [0.1, 0.15) is 11.4 Å². The van der Waals surface area contributed by atoms with Crippen LogP contribution in [0.4, 0.5) is 35.0 Å². The normalized spacial score (nSPS) is 11.5. The van der Waals surface area contributed by atoms with E-state index >= 15 is 0 Å². The maximum Gasteiger partial charge on any atom is 0.421 e. The predicted molar refractivity (Wildman–Crippen MR) is 83.7 cm³/mol. The summed E-state index contributed by atoms with van der Waals surface area (Å²) in [6.45, 7) is 1.66. The Hall–Kier alpha value is -3.31. The Balaban J connectivity index is 1.95. The molecule has 0 fully saturated rings. The lowest BCUT2D eigenvalue weighted by Crippen LogP contribution is -2.13. The fourth-order valence-electron chi connectivity index (χ4n) is 2.17. The van der Waals surface area contributed by atoms with E-state index in [1.165, 1.54) is 29.9 Å². The Morgan fingerprint density at radius 2 is 1.96 bits per heavy atom. The second kappa shape index (κ2) is 6.54. The minimum absolute atomic E-state index is 0.0424. The molecular weight excluding hydrogens is 356 g/mol.